The molecule has 0 amide bonds. The number of fused-ring (bicyclic) bond motifs is 1. The van der Waals surface area contributed by atoms with E-state index in [-0.39, 0.29) is 22.7 Å². The quantitative estimate of drug-likeness (QED) is 0.598. The molecule has 1 N–H and O–H groups in total. The van der Waals surface area contributed by atoms with Crippen molar-refractivity contribution in [3.8, 4) is 28.6 Å². The van der Waals surface area contributed by atoms with Crippen molar-refractivity contribution in [2.45, 2.75) is 6.92 Å². The lowest BCUT2D eigenvalue weighted by molar-refractivity contribution is 0.425. The minimum atomic E-state index is -0.556. The zero-order chi connectivity index (χ0) is 18.4. The number of hydrogen-bond acceptors (Lipinski definition) is 5. The zero-order valence-corrected chi connectivity index (χ0v) is 14.0. The highest BCUT2D eigenvalue weighted by Crippen LogP contribution is 2.33. The molecular weight excluding hydrogens is 337 g/mol. The van der Waals surface area contributed by atoms with Crippen LogP contribution < -0.4 is 5.56 Å². The molecule has 0 bridgehead atoms. The first-order valence-corrected chi connectivity index (χ1v) is 7.88. The smallest absolute Gasteiger partial charge is 0.267 e. The molecule has 26 heavy (non-hydrogen) atoms. The second kappa shape index (κ2) is 5.80. The Bertz CT molecular complexity index is 1190. The summed E-state index contributed by atoms with van der Waals surface area (Å²) in [5.74, 6) is -0.605. The maximum absolute atomic E-state index is 13.5. The van der Waals surface area contributed by atoms with Crippen LogP contribution in [0.1, 0.15) is 5.56 Å². The molecule has 4 aromatic rings. The van der Waals surface area contributed by atoms with Gasteiger partial charge in [-0.25, -0.2) is 4.39 Å². The topological polar surface area (TPSA) is 81.2 Å². The van der Waals surface area contributed by atoms with Gasteiger partial charge in [-0.3, -0.25) is 4.79 Å². The van der Waals surface area contributed by atoms with E-state index in [1.54, 1.807) is 0 Å². The van der Waals surface area contributed by atoms with Crippen molar-refractivity contribution >= 4 is 10.9 Å². The van der Waals surface area contributed by atoms with E-state index in [9.17, 15) is 14.3 Å². The lowest BCUT2D eigenvalue weighted by Gasteiger charge is -2.09. The van der Waals surface area contributed by atoms with Gasteiger partial charge in [-0.15, -0.1) is 0 Å². The number of pyridine rings is 1. The Labute approximate surface area is 147 Å². The summed E-state index contributed by atoms with van der Waals surface area (Å²) in [6.45, 7) is 1.96. The summed E-state index contributed by atoms with van der Waals surface area (Å²) in [4.78, 5) is 16.9. The number of nitrogens with zero attached hydrogens (tertiary/aromatic N) is 3. The normalized spacial score (nSPS) is 11.2. The van der Waals surface area contributed by atoms with Gasteiger partial charge in [0.25, 0.3) is 11.4 Å². The van der Waals surface area contributed by atoms with Gasteiger partial charge >= 0.3 is 0 Å². The Balaban J connectivity index is 1.91. The summed E-state index contributed by atoms with van der Waals surface area (Å²) in [7, 11) is 1.49. The van der Waals surface area contributed by atoms with Crippen molar-refractivity contribution in [3.05, 3.63) is 64.2 Å². The van der Waals surface area contributed by atoms with E-state index >= 15 is 0 Å². The van der Waals surface area contributed by atoms with E-state index in [1.165, 1.54) is 29.8 Å². The second-order valence-electron chi connectivity index (χ2n) is 6.04. The number of aryl methyl sites for hydroxylation is 2. The Hall–Kier alpha value is -3.48. The Morgan fingerprint density at radius 3 is 2.62 bits per heavy atom. The molecule has 2 heterocycles. The first-order chi connectivity index (χ1) is 12.5. The SMILES string of the molecule is Cc1ccc(-c2noc(-c3c(O)c4ccc(F)cc4n(C)c3=O)n2)cc1. The van der Waals surface area contributed by atoms with Gasteiger partial charge in [0.2, 0.25) is 5.82 Å². The van der Waals surface area contributed by atoms with Gasteiger partial charge < -0.3 is 14.2 Å². The highest BCUT2D eigenvalue weighted by molar-refractivity contribution is 5.91. The zero-order valence-electron chi connectivity index (χ0n) is 14.0. The number of hydrogen-bond donors (Lipinski definition) is 1. The van der Waals surface area contributed by atoms with Crippen LogP contribution in [0.5, 0.6) is 5.75 Å². The third kappa shape index (κ3) is 2.45. The first-order valence-electron chi connectivity index (χ1n) is 7.88. The van der Waals surface area contributed by atoms with Crippen molar-refractivity contribution in [3.63, 3.8) is 0 Å². The maximum Gasteiger partial charge on any atom is 0.267 e. The molecule has 4 rings (SSSR count). The van der Waals surface area contributed by atoms with Crippen LogP contribution in [-0.4, -0.2) is 19.8 Å². The molecule has 0 atom stereocenters. The molecule has 0 radical (unpaired) electrons. The molecule has 130 valence electrons. The molecule has 0 aliphatic rings. The van der Waals surface area contributed by atoms with Crippen molar-refractivity contribution in [1.29, 1.82) is 0 Å². The van der Waals surface area contributed by atoms with Crippen molar-refractivity contribution in [2.75, 3.05) is 0 Å². The molecule has 0 aliphatic heterocycles. The van der Waals surface area contributed by atoms with Gasteiger partial charge in [-0.2, -0.15) is 4.98 Å². The number of benzene rings is 2. The standard InChI is InChI=1S/C19H14FN3O3/c1-10-3-5-11(6-4-10)17-21-18(26-22-17)15-16(24)13-8-7-12(20)9-14(13)23(2)19(15)25/h3-9,24H,1-2H3. The summed E-state index contributed by atoms with van der Waals surface area (Å²) >= 11 is 0. The van der Waals surface area contributed by atoms with E-state index in [1.807, 2.05) is 31.2 Å². The summed E-state index contributed by atoms with van der Waals surface area (Å²) in [5.41, 5.74) is 1.42. The van der Waals surface area contributed by atoms with E-state index in [0.29, 0.717) is 11.2 Å². The summed E-state index contributed by atoms with van der Waals surface area (Å²) in [5, 5.41) is 14.8. The van der Waals surface area contributed by atoms with Crippen LogP contribution in [0, 0.1) is 12.7 Å². The third-order valence-electron chi connectivity index (χ3n) is 4.28. The molecule has 6 nitrogen and oxygen atoms in total. The van der Waals surface area contributed by atoms with Crippen LogP contribution in [0.25, 0.3) is 33.7 Å². The summed E-state index contributed by atoms with van der Waals surface area (Å²) in [6, 6.07) is 11.3. The fourth-order valence-corrected chi connectivity index (χ4v) is 2.83. The van der Waals surface area contributed by atoms with Crippen molar-refractivity contribution in [1.82, 2.24) is 14.7 Å². The minimum absolute atomic E-state index is 0.0927. The van der Waals surface area contributed by atoms with Gasteiger partial charge in [0.15, 0.2) is 0 Å². The molecule has 0 spiro atoms. The number of aromatic nitrogens is 3. The van der Waals surface area contributed by atoms with Crippen molar-refractivity contribution in [2.24, 2.45) is 7.05 Å². The molecule has 0 saturated carbocycles. The molecule has 0 fully saturated rings. The fraction of sp³-hybridized carbons (Fsp3) is 0.105. The molecular formula is C19H14FN3O3. The Morgan fingerprint density at radius 1 is 1.15 bits per heavy atom. The number of halogens is 1. The molecule has 7 heteroatoms. The lowest BCUT2D eigenvalue weighted by Crippen LogP contribution is -2.19. The lowest BCUT2D eigenvalue weighted by atomic mass is 10.1. The number of aromatic hydroxyl groups is 1. The predicted molar refractivity (Wildman–Crippen MR) is 94.3 cm³/mol. The Kier molecular flexibility index (Phi) is 3.57. The number of rotatable bonds is 2. The average Bonchev–Trinajstić information content (AvgIpc) is 3.10. The van der Waals surface area contributed by atoms with Crippen molar-refractivity contribution < 1.29 is 14.0 Å². The van der Waals surface area contributed by atoms with Crippen LogP contribution in [0.2, 0.25) is 0 Å². The van der Waals surface area contributed by atoms with E-state index in [2.05, 4.69) is 10.1 Å². The molecule has 0 saturated heterocycles. The van der Waals surface area contributed by atoms with E-state index in [0.717, 1.165) is 11.1 Å². The van der Waals surface area contributed by atoms with E-state index in [4.69, 9.17) is 4.52 Å². The molecule has 2 aromatic heterocycles. The van der Waals surface area contributed by atoms with Crippen LogP contribution in [-0.2, 0) is 7.05 Å². The van der Waals surface area contributed by atoms with Crippen LogP contribution in [0.15, 0.2) is 51.8 Å². The highest BCUT2D eigenvalue weighted by atomic mass is 19.1. The Morgan fingerprint density at radius 2 is 1.88 bits per heavy atom. The summed E-state index contributed by atoms with van der Waals surface area (Å²) < 4.78 is 19.9. The van der Waals surface area contributed by atoms with Crippen LogP contribution >= 0.6 is 0 Å². The van der Waals surface area contributed by atoms with Gasteiger partial charge in [0.05, 0.1) is 5.52 Å². The van der Waals surface area contributed by atoms with Gasteiger partial charge in [-0.05, 0) is 25.1 Å². The van der Waals surface area contributed by atoms with Gasteiger partial charge in [-0.1, -0.05) is 35.0 Å². The average molecular weight is 351 g/mol. The fourth-order valence-electron chi connectivity index (χ4n) is 2.83. The van der Waals surface area contributed by atoms with Crippen LogP contribution in [0.4, 0.5) is 4.39 Å². The maximum atomic E-state index is 13.5. The van der Waals surface area contributed by atoms with Crippen LogP contribution in [0.3, 0.4) is 0 Å². The monoisotopic (exact) mass is 351 g/mol. The predicted octanol–water partition coefficient (Wildman–Crippen LogP) is 3.41. The molecule has 0 aliphatic carbocycles. The summed E-state index contributed by atoms with van der Waals surface area (Å²) in [6.07, 6.45) is 0. The highest BCUT2D eigenvalue weighted by Gasteiger charge is 2.22. The van der Waals surface area contributed by atoms with Gasteiger partial charge in [0, 0.05) is 18.0 Å². The first kappa shape index (κ1) is 16.0. The molecule has 0 unspecified atom stereocenters. The minimum Gasteiger partial charge on any atom is -0.506 e. The largest absolute Gasteiger partial charge is 0.506 e. The van der Waals surface area contributed by atoms with Gasteiger partial charge in [0.1, 0.15) is 17.1 Å². The third-order valence-corrected chi connectivity index (χ3v) is 4.28. The molecule has 2 aromatic carbocycles. The second-order valence-corrected chi connectivity index (χ2v) is 6.04. The van der Waals surface area contributed by atoms with E-state index < -0.39 is 11.4 Å².